The summed E-state index contributed by atoms with van der Waals surface area (Å²) in [6.07, 6.45) is 3.05. The van der Waals surface area contributed by atoms with Crippen LogP contribution in [0, 0.1) is 17.6 Å². The Kier molecular flexibility index (Phi) is 4.31. The Morgan fingerprint density at radius 3 is 2.55 bits per heavy atom. The van der Waals surface area contributed by atoms with Crippen LogP contribution in [0.15, 0.2) is 11.0 Å². The summed E-state index contributed by atoms with van der Waals surface area (Å²) in [6, 6.07) is -0.827. The monoisotopic (exact) mass is 436 g/mol. The van der Waals surface area contributed by atoms with Crippen LogP contribution in [0.25, 0.3) is 10.9 Å². The predicted octanol–water partition coefficient (Wildman–Crippen LogP) is 2.55. The summed E-state index contributed by atoms with van der Waals surface area (Å²) in [7, 11) is 0. The van der Waals surface area contributed by atoms with Gasteiger partial charge in [-0.25, -0.2) is 18.0 Å². The number of fused-ring (bicyclic) bond motifs is 1. The Bertz CT molecular complexity index is 1180. The summed E-state index contributed by atoms with van der Waals surface area (Å²) in [4.78, 5) is 25.7. The zero-order valence-corrected chi connectivity index (χ0v) is 16.7. The van der Waals surface area contributed by atoms with Gasteiger partial charge in [-0.15, -0.1) is 0 Å². The predicted molar refractivity (Wildman–Crippen MR) is 109 cm³/mol. The lowest BCUT2D eigenvalue weighted by Crippen LogP contribution is -2.29. The zero-order chi connectivity index (χ0) is 22.2. The topological polar surface area (TPSA) is 115 Å². The lowest BCUT2D eigenvalue weighted by Gasteiger charge is -2.24. The molecule has 5 N–H and O–H groups in total. The summed E-state index contributed by atoms with van der Waals surface area (Å²) >= 11 is 0. The van der Waals surface area contributed by atoms with Crippen molar-refractivity contribution in [3.8, 4) is 0 Å². The second kappa shape index (κ2) is 6.62. The van der Waals surface area contributed by atoms with Crippen molar-refractivity contribution in [2.75, 3.05) is 23.7 Å². The lowest BCUT2D eigenvalue weighted by molar-refractivity contribution is 0.0694. The van der Waals surface area contributed by atoms with Crippen molar-refractivity contribution in [3.63, 3.8) is 0 Å². The number of halogens is 3. The average Bonchev–Trinajstić information content (AvgIpc) is 3.57. The van der Waals surface area contributed by atoms with Crippen LogP contribution in [0.5, 0.6) is 0 Å². The molecule has 3 aliphatic rings. The molecule has 0 bridgehead atoms. The van der Waals surface area contributed by atoms with E-state index in [1.807, 2.05) is 0 Å². The van der Waals surface area contributed by atoms with Crippen molar-refractivity contribution in [3.05, 3.63) is 33.6 Å². The molecule has 5 rings (SSSR count). The smallest absolute Gasteiger partial charge is 0.341 e. The highest BCUT2D eigenvalue weighted by Crippen LogP contribution is 2.45. The number of benzene rings is 1. The molecule has 2 heterocycles. The molecule has 31 heavy (non-hydrogen) atoms. The highest BCUT2D eigenvalue weighted by Gasteiger charge is 2.43. The largest absolute Gasteiger partial charge is 0.477 e. The first-order valence-corrected chi connectivity index (χ1v) is 10.4. The number of carboxylic acid groups (broad SMARTS) is 1. The Labute approximate surface area is 175 Å². The summed E-state index contributed by atoms with van der Waals surface area (Å²) in [5.41, 5.74) is 8.79. The van der Waals surface area contributed by atoms with E-state index in [9.17, 15) is 19.1 Å². The van der Waals surface area contributed by atoms with E-state index in [1.54, 1.807) is 4.90 Å². The maximum Gasteiger partial charge on any atom is 0.341 e. The number of nitrogens with zero attached hydrogens (tertiary/aromatic N) is 2. The number of alkyl halides is 1. The van der Waals surface area contributed by atoms with Crippen LogP contribution in [0.3, 0.4) is 0 Å². The van der Waals surface area contributed by atoms with E-state index < -0.39 is 51.9 Å². The first-order chi connectivity index (χ1) is 14.6. The van der Waals surface area contributed by atoms with Gasteiger partial charge in [-0.1, -0.05) is 0 Å². The first-order valence-electron chi connectivity index (χ1n) is 10.4. The molecular formula is C21H23F3N4O3. The van der Waals surface area contributed by atoms with E-state index in [-0.39, 0.29) is 29.1 Å². The standard InChI is InChI=1S/C21H23F3N4O3/c22-11-5-12(11)28-8-10(20(30)31)19(29)13-16(25)14(23)18(15(24)17(13)28)27-4-1-9(7-27)6-21(26)2-3-21/h8-9,11-12H,1-7,25-26H2,(H,30,31)/t9?,11-,12-/m1/s1. The summed E-state index contributed by atoms with van der Waals surface area (Å²) in [6.45, 7) is 0.788. The van der Waals surface area contributed by atoms with Crippen LogP contribution in [0.4, 0.5) is 24.5 Å². The quantitative estimate of drug-likeness (QED) is 0.621. The second-order valence-electron chi connectivity index (χ2n) is 9.18. The minimum absolute atomic E-state index is 0.0491. The highest BCUT2D eigenvalue weighted by molar-refractivity contribution is 5.99. The van der Waals surface area contributed by atoms with Crippen LogP contribution >= 0.6 is 0 Å². The van der Waals surface area contributed by atoms with Crippen LogP contribution in [0.1, 0.15) is 48.5 Å². The molecule has 3 atom stereocenters. The Balaban J connectivity index is 1.66. The van der Waals surface area contributed by atoms with Crippen molar-refractivity contribution >= 4 is 28.2 Å². The van der Waals surface area contributed by atoms with Gasteiger partial charge in [-0.2, -0.15) is 0 Å². The molecule has 0 radical (unpaired) electrons. The molecule has 10 heteroatoms. The minimum Gasteiger partial charge on any atom is -0.477 e. The third-order valence-corrected chi connectivity index (χ3v) is 6.82. The second-order valence-corrected chi connectivity index (χ2v) is 9.18. The number of nitrogens with two attached hydrogens (primary N) is 2. The van der Waals surface area contributed by atoms with Gasteiger partial charge in [0.05, 0.1) is 22.6 Å². The molecule has 1 unspecified atom stereocenters. The maximum absolute atomic E-state index is 15.7. The third kappa shape index (κ3) is 3.15. The normalized spacial score (nSPS) is 26.5. The number of anilines is 2. The highest BCUT2D eigenvalue weighted by atomic mass is 19.1. The average molecular weight is 436 g/mol. The van der Waals surface area contributed by atoms with Gasteiger partial charge in [0.15, 0.2) is 11.6 Å². The van der Waals surface area contributed by atoms with Crippen LogP contribution in [-0.2, 0) is 0 Å². The van der Waals surface area contributed by atoms with E-state index >= 15 is 8.78 Å². The molecule has 2 saturated carbocycles. The Hall–Kier alpha value is -2.75. The summed E-state index contributed by atoms with van der Waals surface area (Å²) in [5, 5.41) is 8.78. The van der Waals surface area contributed by atoms with E-state index in [2.05, 4.69) is 0 Å². The summed E-state index contributed by atoms with van der Waals surface area (Å²) < 4.78 is 45.9. The molecule has 2 aromatic rings. The molecule has 166 valence electrons. The van der Waals surface area contributed by atoms with Crippen LogP contribution in [-0.4, -0.2) is 40.4 Å². The van der Waals surface area contributed by atoms with Gasteiger partial charge in [0.1, 0.15) is 17.4 Å². The van der Waals surface area contributed by atoms with Crippen molar-refractivity contribution in [1.82, 2.24) is 4.57 Å². The molecule has 2 aliphatic carbocycles. The van der Waals surface area contributed by atoms with Gasteiger partial charge >= 0.3 is 5.97 Å². The molecule has 1 aromatic carbocycles. The molecule has 1 aliphatic heterocycles. The van der Waals surface area contributed by atoms with Crippen LogP contribution in [0.2, 0.25) is 0 Å². The lowest BCUT2D eigenvalue weighted by atomic mass is 9.98. The van der Waals surface area contributed by atoms with Gasteiger partial charge < -0.3 is 26.0 Å². The number of aromatic nitrogens is 1. The van der Waals surface area contributed by atoms with E-state index in [0.29, 0.717) is 13.1 Å². The van der Waals surface area contributed by atoms with Gasteiger partial charge in [0, 0.05) is 31.2 Å². The van der Waals surface area contributed by atoms with E-state index in [1.165, 1.54) is 0 Å². The third-order valence-electron chi connectivity index (χ3n) is 6.82. The van der Waals surface area contributed by atoms with E-state index in [4.69, 9.17) is 11.5 Å². The molecule has 3 fully saturated rings. The maximum atomic E-state index is 15.7. The first kappa shape index (κ1) is 20.2. The number of aromatic carboxylic acids is 1. The van der Waals surface area contributed by atoms with Crippen molar-refractivity contribution < 1.29 is 23.1 Å². The Morgan fingerprint density at radius 1 is 1.29 bits per heavy atom. The molecule has 7 nitrogen and oxygen atoms in total. The van der Waals surface area contributed by atoms with Gasteiger partial charge in [-0.3, -0.25) is 4.79 Å². The fraction of sp³-hybridized carbons (Fsp3) is 0.524. The number of pyridine rings is 1. The number of carbonyl (C=O) groups is 1. The van der Waals surface area contributed by atoms with Gasteiger partial charge in [-0.05, 0) is 31.6 Å². The minimum atomic E-state index is -1.57. The molecule has 0 amide bonds. The van der Waals surface area contributed by atoms with Crippen molar-refractivity contribution in [2.45, 2.75) is 49.9 Å². The van der Waals surface area contributed by atoms with Gasteiger partial charge in [0.25, 0.3) is 0 Å². The SMILES string of the molecule is Nc1c(F)c(N2CCC(CC3(N)CC3)C2)c(F)c2c1c(=O)c(C(=O)O)cn2[C@@H]1C[C@H]1F. The number of nitrogen functional groups attached to an aromatic ring is 1. The summed E-state index contributed by atoms with van der Waals surface area (Å²) in [5.74, 6) is -3.51. The van der Waals surface area contributed by atoms with E-state index in [0.717, 1.165) is 36.4 Å². The molecule has 1 saturated heterocycles. The van der Waals surface area contributed by atoms with Gasteiger partial charge in [0.2, 0.25) is 5.43 Å². The fourth-order valence-electron chi connectivity index (χ4n) is 4.83. The number of hydrogen-bond acceptors (Lipinski definition) is 5. The molecule has 1 aromatic heterocycles. The zero-order valence-electron chi connectivity index (χ0n) is 16.7. The fourth-order valence-corrected chi connectivity index (χ4v) is 4.83. The molecular weight excluding hydrogens is 413 g/mol. The molecule has 0 spiro atoms. The number of rotatable bonds is 5. The van der Waals surface area contributed by atoms with Crippen LogP contribution < -0.4 is 21.8 Å². The number of carboxylic acids is 1. The number of hydrogen-bond donors (Lipinski definition) is 3. The Morgan fingerprint density at radius 2 is 1.97 bits per heavy atom. The van der Waals surface area contributed by atoms with Crippen molar-refractivity contribution in [1.29, 1.82) is 0 Å². The van der Waals surface area contributed by atoms with Crippen molar-refractivity contribution in [2.24, 2.45) is 11.7 Å².